The second-order valence-electron chi connectivity index (χ2n) is 7.10. The lowest BCUT2D eigenvalue weighted by Crippen LogP contribution is -2.46. The monoisotopic (exact) mass is 468 g/mol. The molecule has 31 heavy (non-hydrogen) atoms. The summed E-state index contributed by atoms with van der Waals surface area (Å²) in [5.74, 6) is -1.72. The first-order chi connectivity index (χ1) is 14.7. The number of methoxy groups -OCH3 is 1. The zero-order chi connectivity index (χ0) is 22.6. The summed E-state index contributed by atoms with van der Waals surface area (Å²) in [6, 6.07) is 11.1. The van der Waals surface area contributed by atoms with Crippen molar-refractivity contribution in [3.63, 3.8) is 0 Å². The number of nitrogens with zero attached hydrogens (tertiary/aromatic N) is 2. The third kappa shape index (κ3) is 5.16. The van der Waals surface area contributed by atoms with Crippen LogP contribution in [-0.4, -0.2) is 51.9 Å². The van der Waals surface area contributed by atoms with Gasteiger partial charge in [0.25, 0.3) is 10.0 Å². The zero-order valence-electron chi connectivity index (χ0n) is 16.8. The van der Waals surface area contributed by atoms with Crippen LogP contribution in [0.4, 0.5) is 10.1 Å². The Morgan fingerprint density at radius 2 is 1.81 bits per heavy atom. The molecular formula is C21H22ClFN2O5S. The molecule has 1 aliphatic rings. The van der Waals surface area contributed by atoms with Gasteiger partial charge in [0.05, 0.1) is 28.6 Å². The fraction of sp³-hybridized carbons (Fsp3) is 0.333. The van der Waals surface area contributed by atoms with Gasteiger partial charge < -0.3 is 9.64 Å². The first kappa shape index (κ1) is 23.0. The maximum absolute atomic E-state index is 13.7. The zero-order valence-corrected chi connectivity index (χ0v) is 18.4. The number of piperidine rings is 1. The second kappa shape index (κ2) is 9.65. The van der Waals surface area contributed by atoms with Gasteiger partial charge in [-0.1, -0.05) is 29.8 Å². The van der Waals surface area contributed by atoms with E-state index in [2.05, 4.69) is 0 Å². The van der Waals surface area contributed by atoms with Crippen molar-refractivity contribution >= 4 is 39.2 Å². The van der Waals surface area contributed by atoms with Crippen LogP contribution in [0.3, 0.4) is 0 Å². The standard InChI is InChI=1S/C21H22ClFN2O5S/c1-30-21(27)15-9-11-24(12-10-15)20(26)14-25(16-7-8-19(23)18(22)13-16)31(28,29)17-5-3-2-4-6-17/h2-8,13,15H,9-12,14H2,1H3. The number of carbonyl (C=O) groups is 2. The van der Waals surface area contributed by atoms with E-state index in [0.29, 0.717) is 25.9 Å². The van der Waals surface area contributed by atoms with E-state index in [4.69, 9.17) is 16.3 Å². The Morgan fingerprint density at radius 3 is 2.39 bits per heavy atom. The molecule has 0 spiro atoms. The Morgan fingerprint density at radius 1 is 1.16 bits per heavy atom. The minimum absolute atomic E-state index is 0.00681. The van der Waals surface area contributed by atoms with Gasteiger partial charge >= 0.3 is 5.97 Å². The molecule has 1 fully saturated rings. The molecule has 0 radical (unpaired) electrons. The molecule has 10 heteroatoms. The Bertz CT molecular complexity index is 1060. The third-order valence-electron chi connectivity index (χ3n) is 5.18. The minimum Gasteiger partial charge on any atom is -0.469 e. The van der Waals surface area contributed by atoms with Gasteiger partial charge in [0.15, 0.2) is 0 Å². The first-order valence-electron chi connectivity index (χ1n) is 9.62. The number of hydrogen-bond acceptors (Lipinski definition) is 5. The van der Waals surface area contributed by atoms with Crippen LogP contribution < -0.4 is 4.31 Å². The van der Waals surface area contributed by atoms with Crippen molar-refractivity contribution in [1.29, 1.82) is 0 Å². The van der Waals surface area contributed by atoms with E-state index >= 15 is 0 Å². The van der Waals surface area contributed by atoms with Crippen molar-refractivity contribution in [3.8, 4) is 0 Å². The molecule has 0 unspecified atom stereocenters. The maximum atomic E-state index is 13.7. The van der Waals surface area contributed by atoms with E-state index in [1.165, 1.54) is 36.3 Å². The molecule has 2 aromatic rings. The third-order valence-corrected chi connectivity index (χ3v) is 7.26. The number of esters is 1. The summed E-state index contributed by atoms with van der Waals surface area (Å²) in [6.07, 6.45) is 0.873. The lowest BCUT2D eigenvalue weighted by Gasteiger charge is -2.33. The lowest BCUT2D eigenvalue weighted by atomic mass is 9.97. The van der Waals surface area contributed by atoms with Gasteiger partial charge in [0.1, 0.15) is 12.4 Å². The minimum atomic E-state index is -4.11. The lowest BCUT2D eigenvalue weighted by molar-refractivity contribution is -0.148. The highest BCUT2D eigenvalue weighted by Gasteiger charge is 2.32. The van der Waals surface area contributed by atoms with Crippen molar-refractivity contribution in [2.45, 2.75) is 17.7 Å². The predicted octanol–water partition coefficient (Wildman–Crippen LogP) is 3.09. The summed E-state index contributed by atoms with van der Waals surface area (Å²) in [4.78, 5) is 26.2. The highest BCUT2D eigenvalue weighted by Crippen LogP contribution is 2.28. The van der Waals surface area contributed by atoms with Crippen molar-refractivity contribution in [2.24, 2.45) is 5.92 Å². The molecule has 0 aromatic heterocycles. The average Bonchev–Trinajstić information content (AvgIpc) is 2.79. The van der Waals surface area contributed by atoms with Crippen molar-refractivity contribution in [2.75, 3.05) is 31.0 Å². The molecule has 7 nitrogen and oxygen atoms in total. The number of rotatable bonds is 6. The quantitative estimate of drug-likeness (QED) is 0.608. The van der Waals surface area contributed by atoms with Gasteiger partial charge in [-0.15, -0.1) is 0 Å². The largest absolute Gasteiger partial charge is 0.469 e. The predicted molar refractivity (Wildman–Crippen MR) is 114 cm³/mol. The number of carbonyl (C=O) groups excluding carboxylic acids is 2. The van der Waals surface area contributed by atoms with Gasteiger partial charge in [-0.2, -0.15) is 0 Å². The number of ether oxygens (including phenoxy) is 1. The Labute approximate surface area is 185 Å². The summed E-state index contributed by atoms with van der Waals surface area (Å²) in [5, 5.41) is -0.253. The van der Waals surface area contributed by atoms with Gasteiger partial charge in [0, 0.05) is 13.1 Å². The summed E-state index contributed by atoms with van der Waals surface area (Å²) in [6.45, 7) is 0.131. The summed E-state index contributed by atoms with van der Waals surface area (Å²) < 4.78 is 45.9. The van der Waals surface area contributed by atoms with Crippen molar-refractivity contribution in [3.05, 3.63) is 59.4 Å². The van der Waals surface area contributed by atoms with Crippen LogP contribution in [0.1, 0.15) is 12.8 Å². The SMILES string of the molecule is COC(=O)C1CCN(C(=O)CN(c2ccc(F)c(Cl)c2)S(=O)(=O)c2ccccc2)CC1. The number of anilines is 1. The summed E-state index contributed by atoms with van der Waals surface area (Å²) >= 11 is 5.86. The first-order valence-corrected chi connectivity index (χ1v) is 11.4. The number of likely N-dealkylation sites (tertiary alicyclic amines) is 1. The number of sulfonamides is 1. The van der Waals surface area contributed by atoms with Crippen LogP contribution in [0.2, 0.25) is 5.02 Å². The Balaban J connectivity index is 1.86. The van der Waals surface area contributed by atoms with E-state index in [0.717, 1.165) is 10.4 Å². The fourth-order valence-electron chi connectivity index (χ4n) is 3.43. The van der Waals surface area contributed by atoms with Crippen LogP contribution in [0.5, 0.6) is 0 Å². The molecule has 0 atom stereocenters. The smallest absolute Gasteiger partial charge is 0.308 e. The molecule has 166 valence electrons. The second-order valence-corrected chi connectivity index (χ2v) is 9.37. The molecule has 0 bridgehead atoms. The van der Waals surface area contributed by atoms with Crippen LogP contribution in [0.25, 0.3) is 0 Å². The van der Waals surface area contributed by atoms with Crippen LogP contribution in [0, 0.1) is 11.7 Å². The molecule has 0 N–H and O–H groups in total. The van der Waals surface area contributed by atoms with E-state index in [-0.39, 0.29) is 27.5 Å². The molecule has 1 aliphatic heterocycles. The topological polar surface area (TPSA) is 84.0 Å². The Kier molecular flexibility index (Phi) is 7.17. The molecule has 0 aliphatic carbocycles. The van der Waals surface area contributed by atoms with Crippen molar-refractivity contribution in [1.82, 2.24) is 4.90 Å². The van der Waals surface area contributed by atoms with Gasteiger partial charge in [-0.25, -0.2) is 12.8 Å². The molecule has 3 rings (SSSR count). The molecule has 0 saturated carbocycles. The Hall–Kier alpha value is -2.65. The van der Waals surface area contributed by atoms with Crippen LogP contribution in [-0.2, 0) is 24.3 Å². The molecule has 1 heterocycles. The molecule has 1 amide bonds. The summed E-state index contributed by atoms with van der Waals surface area (Å²) in [7, 11) is -2.80. The number of halogens is 2. The normalized spacial score (nSPS) is 14.9. The van der Waals surface area contributed by atoms with Crippen LogP contribution in [0.15, 0.2) is 53.4 Å². The maximum Gasteiger partial charge on any atom is 0.308 e. The molecule has 2 aromatic carbocycles. The summed E-state index contributed by atoms with van der Waals surface area (Å²) in [5.41, 5.74) is 0.0769. The van der Waals surface area contributed by atoms with E-state index in [1.54, 1.807) is 18.2 Å². The molecule has 1 saturated heterocycles. The van der Waals surface area contributed by atoms with Gasteiger partial charge in [-0.3, -0.25) is 13.9 Å². The molecular weight excluding hydrogens is 447 g/mol. The average molecular weight is 469 g/mol. The highest BCUT2D eigenvalue weighted by molar-refractivity contribution is 7.92. The van der Waals surface area contributed by atoms with Gasteiger partial charge in [-0.05, 0) is 43.2 Å². The van der Waals surface area contributed by atoms with Crippen molar-refractivity contribution < 1.29 is 27.1 Å². The number of benzene rings is 2. The van der Waals surface area contributed by atoms with Crippen LogP contribution >= 0.6 is 11.6 Å². The van der Waals surface area contributed by atoms with E-state index in [9.17, 15) is 22.4 Å². The number of amides is 1. The van der Waals surface area contributed by atoms with E-state index in [1.807, 2.05) is 0 Å². The highest BCUT2D eigenvalue weighted by atomic mass is 35.5. The van der Waals surface area contributed by atoms with Gasteiger partial charge in [0.2, 0.25) is 5.91 Å². The van der Waals surface area contributed by atoms with E-state index < -0.39 is 28.3 Å². The number of hydrogen-bond donors (Lipinski definition) is 0. The fourth-order valence-corrected chi connectivity index (χ4v) is 5.03.